The van der Waals surface area contributed by atoms with Crippen LogP contribution < -0.4 is 15.4 Å². The number of rotatable bonds is 9. The molecule has 0 saturated carbocycles. The second kappa shape index (κ2) is 10.7. The maximum absolute atomic E-state index is 12.0. The Morgan fingerprint density at radius 2 is 1.69 bits per heavy atom. The van der Waals surface area contributed by atoms with Gasteiger partial charge in [-0.3, -0.25) is 9.59 Å². The minimum atomic E-state index is -0.210. The summed E-state index contributed by atoms with van der Waals surface area (Å²) in [6, 6.07) is 14.3. The highest BCUT2D eigenvalue weighted by atomic mass is 35.5. The zero-order chi connectivity index (χ0) is 18.8. The monoisotopic (exact) mass is 392 g/mol. The van der Waals surface area contributed by atoms with Crippen LogP contribution in [0.4, 0.5) is 0 Å². The molecule has 2 aromatic carbocycles. The SMILES string of the molecule is O=C(CCCOc1ccccc1Cl)NCCNC(=O)c1ccccc1S. The molecular weight excluding hydrogens is 372 g/mol. The van der Waals surface area contributed by atoms with Crippen LogP contribution in [-0.2, 0) is 4.79 Å². The lowest BCUT2D eigenvalue weighted by Crippen LogP contribution is -2.34. The van der Waals surface area contributed by atoms with E-state index in [0.717, 1.165) is 0 Å². The smallest absolute Gasteiger partial charge is 0.252 e. The summed E-state index contributed by atoms with van der Waals surface area (Å²) in [5.74, 6) is 0.316. The van der Waals surface area contributed by atoms with Gasteiger partial charge in [-0.25, -0.2) is 0 Å². The number of amides is 2. The van der Waals surface area contributed by atoms with Gasteiger partial charge in [0, 0.05) is 24.4 Å². The Labute approximate surface area is 163 Å². The molecule has 0 spiro atoms. The Bertz CT molecular complexity index is 755. The van der Waals surface area contributed by atoms with Gasteiger partial charge in [0.2, 0.25) is 5.91 Å². The molecule has 2 N–H and O–H groups in total. The van der Waals surface area contributed by atoms with E-state index in [2.05, 4.69) is 23.3 Å². The topological polar surface area (TPSA) is 67.4 Å². The molecule has 0 atom stereocenters. The molecule has 7 heteroatoms. The van der Waals surface area contributed by atoms with Crippen molar-refractivity contribution in [1.29, 1.82) is 0 Å². The Kier molecular flexibility index (Phi) is 8.31. The largest absolute Gasteiger partial charge is 0.492 e. The molecular formula is C19H21ClN2O3S. The Hall–Kier alpha value is -2.18. The zero-order valence-electron chi connectivity index (χ0n) is 14.2. The summed E-state index contributed by atoms with van der Waals surface area (Å²) in [5.41, 5.74) is 0.513. The fourth-order valence-corrected chi connectivity index (χ4v) is 2.66. The third-order valence-corrected chi connectivity index (χ3v) is 4.23. The predicted molar refractivity (Wildman–Crippen MR) is 105 cm³/mol. The van der Waals surface area contributed by atoms with Gasteiger partial charge >= 0.3 is 0 Å². The first-order valence-corrected chi connectivity index (χ1v) is 9.10. The van der Waals surface area contributed by atoms with E-state index in [9.17, 15) is 9.59 Å². The van der Waals surface area contributed by atoms with Crippen molar-refractivity contribution in [3.63, 3.8) is 0 Å². The number of nitrogens with one attached hydrogen (secondary N) is 2. The van der Waals surface area contributed by atoms with Gasteiger partial charge in [0.05, 0.1) is 17.2 Å². The van der Waals surface area contributed by atoms with Crippen molar-refractivity contribution in [3.05, 3.63) is 59.1 Å². The third kappa shape index (κ3) is 6.61. The fourth-order valence-electron chi connectivity index (χ4n) is 2.20. The van der Waals surface area contributed by atoms with Crippen molar-refractivity contribution < 1.29 is 14.3 Å². The zero-order valence-corrected chi connectivity index (χ0v) is 15.9. The highest BCUT2D eigenvalue weighted by molar-refractivity contribution is 7.80. The van der Waals surface area contributed by atoms with Crippen molar-refractivity contribution in [2.24, 2.45) is 0 Å². The lowest BCUT2D eigenvalue weighted by Gasteiger charge is -2.09. The lowest BCUT2D eigenvalue weighted by molar-refractivity contribution is -0.121. The van der Waals surface area contributed by atoms with E-state index in [1.54, 1.807) is 30.3 Å². The lowest BCUT2D eigenvalue weighted by atomic mass is 10.2. The summed E-state index contributed by atoms with van der Waals surface area (Å²) >= 11 is 10.2. The van der Waals surface area contributed by atoms with Crippen molar-refractivity contribution >= 4 is 36.0 Å². The highest BCUT2D eigenvalue weighted by Crippen LogP contribution is 2.23. The summed E-state index contributed by atoms with van der Waals surface area (Å²) in [7, 11) is 0. The molecule has 2 amide bonds. The van der Waals surface area contributed by atoms with Crippen molar-refractivity contribution in [3.8, 4) is 5.75 Å². The number of benzene rings is 2. The molecule has 0 aromatic heterocycles. The van der Waals surface area contributed by atoms with E-state index < -0.39 is 0 Å². The van der Waals surface area contributed by atoms with Crippen LogP contribution in [0, 0.1) is 0 Å². The van der Waals surface area contributed by atoms with Gasteiger partial charge in [-0.2, -0.15) is 0 Å². The maximum Gasteiger partial charge on any atom is 0.252 e. The van der Waals surface area contributed by atoms with Crippen LogP contribution in [0.15, 0.2) is 53.4 Å². The van der Waals surface area contributed by atoms with Gasteiger partial charge in [0.1, 0.15) is 5.75 Å². The first-order valence-electron chi connectivity index (χ1n) is 8.28. The summed E-state index contributed by atoms with van der Waals surface area (Å²) in [6.07, 6.45) is 0.925. The second-order valence-corrected chi connectivity index (χ2v) is 6.39. The molecule has 0 heterocycles. The van der Waals surface area contributed by atoms with Crippen molar-refractivity contribution in [2.45, 2.75) is 17.7 Å². The molecule has 138 valence electrons. The molecule has 0 unspecified atom stereocenters. The number of hydrogen-bond acceptors (Lipinski definition) is 4. The molecule has 0 aliphatic heterocycles. The molecule has 2 rings (SSSR count). The van der Waals surface area contributed by atoms with Crippen LogP contribution in [-0.4, -0.2) is 31.5 Å². The van der Waals surface area contributed by atoms with Gasteiger partial charge in [0.25, 0.3) is 5.91 Å². The van der Waals surface area contributed by atoms with Crippen LogP contribution in [0.2, 0.25) is 5.02 Å². The normalized spacial score (nSPS) is 10.2. The molecule has 26 heavy (non-hydrogen) atoms. The van der Waals surface area contributed by atoms with Gasteiger partial charge in [-0.1, -0.05) is 35.9 Å². The van der Waals surface area contributed by atoms with Crippen LogP contribution in [0.3, 0.4) is 0 Å². The number of carbonyl (C=O) groups is 2. The predicted octanol–water partition coefficient (Wildman–Crippen LogP) is 3.33. The Morgan fingerprint density at radius 3 is 2.46 bits per heavy atom. The van der Waals surface area contributed by atoms with Crippen LogP contribution in [0.1, 0.15) is 23.2 Å². The Morgan fingerprint density at radius 1 is 1.00 bits per heavy atom. The van der Waals surface area contributed by atoms with E-state index >= 15 is 0 Å². The van der Waals surface area contributed by atoms with Gasteiger partial charge in [-0.05, 0) is 30.7 Å². The van der Waals surface area contributed by atoms with Crippen molar-refractivity contribution in [1.82, 2.24) is 10.6 Å². The van der Waals surface area contributed by atoms with E-state index in [-0.39, 0.29) is 11.8 Å². The number of carbonyl (C=O) groups excluding carboxylic acids is 2. The minimum Gasteiger partial charge on any atom is -0.492 e. The molecule has 0 bridgehead atoms. The fraction of sp³-hybridized carbons (Fsp3) is 0.263. The summed E-state index contributed by atoms with van der Waals surface area (Å²) in [6.45, 7) is 1.13. The first-order chi connectivity index (χ1) is 12.6. The van der Waals surface area contributed by atoms with E-state index in [1.165, 1.54) is 0 Å². The maximum atomic E-state index is 12.0. The highest BCUT2D eigenvalue weighted by Gasteiger charge is 2.08. The molecule has 5 nitrogen and oxygen atoms in total. The van der Waals surface area contributed by atoms with Gasteiger partial charge in [0.15, 0.2) is 0 Å². The molecule has 0 fully saturated rings. The van der Waals surface area contributed by atoms with Crippen LogP contribution >= 0.6 is 24.2 Å². The van der Waals surface area contributed by atoms with E-state index in [0.29, 0.717) is 53.8 Å². The number of hydrogen-bond donors (Lipinski definition) is 3. The molecule has 0 aliphatic rings. The quantitative estimate of drug-likeness (QED) is 0.453. The standard InChI is InChI=1S/C19H21ClN2O3S/c20-15-7-2-3-8-16(15)25-13-5-10-18(23)21-11-12-22-19(24)14-6-1-4-9-17(14)26/h1-4,6-9,26H,5,10-13H2,(H,21,23)(H,22,24). The number of thiol groups is 1. The van der Waals surface area contributed by atoms with Crippen molar-refractivity contribution in [2.75, 3.05) is 19.7 Å². The van der Waals surface area contributed by atoms with E-state index in [4.69, 9.17) is 16.3 Å². The second-order valence-electron chi connectivity index (χ2n) is 5.51. The minimum absolute atomic E-state index is 0.0865. The summed E-state index contributed by atoms with van der Waals surface area (Å²) < 4.78 is 5.53. The van der Waals surface area contributed by atoms with Gasteiger partial charge < -0.3 is 15.4 Å². The van der Waals surface area contributed by atoms with Crippen LogP contribution in [0.5, 0.6) is 5.75 Å². The number of ether oxygens (including phenoxy) is 1. The molecule has 2 aromatic rings. The summed E-state index contributed by atoms with van der Waals surface area (Å²) in [5, 5.41) is 6.06. The third-order valence-electron chi connectivity index (χ3n) is 3.52. The summed E-state index contributed by atoms with van der Waals surface area (Å²) in [4.78, 5) is 24.4. The number of para-hydroxylation sites is 1. The van der Waals surface area contributed by atoms with E-state index in [1.807, 2.05) is 18.2 Å². The molecule has 0 radical (unpaired) electrons. The van der Waals surface area contributed by atoms with Gasteiger partial charge in [-0.15, -0.1) is 12.6 Å². The average molecular weight is 393 g/mol. The first kappa shape index (κ1) is 20.1. The Balaban J connectivity index is 1.57. The average Bonchev–Trinajstić information content (AvgIpc) is 2.64. The number of halogens is 1. The molecule has 0 saturated heterocycles. The van der Waals surface area contributed by atoms with Crippen LogP contribution in [0.25, 0.3) is 0 Å². The molecule has 0 aliphatic carbocycles.